The van der Waals surface area contributed by atoms with E-state index in [1.807, 2.05) is 0 Å². The van der Waals surface area contributed by atoms with Crippen LogP contribution in [0.15, 0.2) is 9.42 Å². The smallest absolute Gasteiger partial charge is 0.260 e. The first kappa shape index (κ1) is 17.0. The molecule has 2 aromatic heterocycles. The predicted octanol–water partition coefficient (Wildman–Crippen LogP) is 0.925. The maximum absolute atomic E-state index is 12.9. The molecule has 0 radical (unpaired) electrons. The van der Waals surface area contributed by atoms with E-state index in [0.29, 0.717) is 17.4 Å². The second-order valence-corrected chi connectivity index (χ2v) is 8.91. The van der Waals surface area contributed by atoms with Crippen LogP contribution < -0.4 is 0 Å². The fourth-order valence-electron chi connectivity index (χ4n) is 3.10. The average Bonchev–Trinajstić information content (AvgIpc) is 3.00. The quantitative estimate of drug-likeness (QED) is 0.829. The highest BCUT2D eigenvalue weighted by molar-refractivity contribution is 7.89. The van der Waals surface area contributed by atoms with E-state index in [2.05, 4.69) is 15.2 Å². The first-order valence-corrected chi connectivity index (χ1v) is 9.80. The molecule has 0 aromatic carbocycles. The summed E-state index contributed by atoms with van der Waals surface area (Å²) in [6, 6.07) is 0. The molecule has 1 saturated carbocycles. The van der Waals surface area contributed by atoms with E-state index in [4.69, 9.17) is 16.1 Å². The molecule has 1 aliphatic carbocycles. The third kappa shape index (κ3) is 2.67. The van der Waals surface area contributed by atoms with Gasteiger partial charge in [0.15, 0.2) is 11.4 Å². The van der Waals surface area contributed by atoms with Gasteiger partial charge in [-0.05, 0) is 19.8 Å². The van der Waals surface area contributed by atoms with E-state index in [0.717, 1.165) is 12.8 Å². The number of halogens is 1. The highest BCUT2D eigenvalue weighted by atomic mass is 35.5. The van der Waals surface area contributed by atoms with Crippen molar-refractivity contribution in [1.82, 2.24) is 24.2 Å². The SMILES string of the molecule is Cc1nn(C)c(Cl)c1S(=O)(=O)N1CCC(O)(c2nc(C3CC3)no2)C1. The molecule has 1 aliphatic heterocycles. The summed E-state index contributed by atoms with van der Waals surface area (Å²) in [7, 11) is -2.31. The monoisotopic (exact) mass is 387 g/mol. The summed E-state index contributed by atoms with van der Waals surface area (Å²) >= 11 is 6.10. The molecule has 0 spiro atoms. The van der Waals surface area contributed by atoms with E-state index in [-0.39, 0.29) is 35.4 Å². The van der Waals surface area contributed by atoms with Gasteiger partial charge in [-0.15, -0.1) is 0 Å². The fraction of sp³-hybridized carbons (Fsp3) is 0.643. The number of aromatic nitrogens is 4. The molecular formula is C14H18ClN5O4S. The molecule has 9 nitrogen and oxygen atoms in total. The number of hydrogen-bond donors (Lipinski definition) is 1. The summed E-state index contributed by atoms with van der Waals surface area (Å²) in [5, 5.41) is 18.8. The Balaban J connectivity index is 1.62. The second kappa shape index (κ2) is 5.50. The highest BCUT2D eigenvalue weighted by Crippen LogP contribution is 2.41. The minimum Gasteiger partial charge on any atom is -0.379 e. The van der Waals surface area contributed by atoms with Gasteiger partial charge in [0, 0.05) is 25.9 Å². The summed E-state index contributed by atoms with van der Waals surface area (Å²) < 4.78 is 33.6. The maximum Gasteiger partial charge on any atom is 0.260 e. The zero-order valence-corrected chi connectivity index (χ0v) is 15.4. The van der Waals surface area contributed by atoms with Crippen molar-refractivity contribution in [2.45, 2.75) is 42.6 Å². The van der Waals surface area contributed by atoms with Crippen LogP contribution >= 0.6 is 11.6 Å². The van der Waals surface area contributed by atoms with E-state index in [1.54, 1.807) is 14.0 Å². The van der Waals surface area contributed by atoms with Crippen molar-refractivity contribution in [1.29, 1.82) is 0 Å². The molecule has 11 heteroatoms. The zero-order chi connectivity index (χ0) is 18.0. The highest BCUT2D eigenvalue weighted by Gasteiger charge is 2.48. The fourth-order valence-corrected chi connectivity index (χ4v) is 5.30. The first-order chi connectivity index (χ1) is 11.7. The van der Waals surface area contributed by atoms with Gasteiger partial charge in [-0.25, -0.2) is 8.42 Å². The van der Waals surface area contributed by atoms with Gasteiger partial charge >= 0.3 is 0 Å². The molecule has 0 amide bonds. The van der Waals surface area contributed by atoms with Crippen LogP contribution in [0.4, 0.5) is 0 Å². The van der Waals surface area contributed by atoms with Crippen molar-refractivity contribution < 1.29 is 18.0 Å². The van der Waals surface area contributed by atoms with Crippen molar-refractivity contribution in [3.8, 4) is 0 Å². The maximum atomic E-state index is 12.9. The molecule has 0 bridgehead atoms. The molecule has 1 N–H and O–H groups in total. The van der Waals surface area contributed by atoms with Crippen molar-refractivity contribution in [2.24, 2.45) is 7.05 Å². The van der Waals surface area contributed by atoms with Crippen molar-refractivity contribution in [3.05, 3.63) is 22.6 Å². The number of rotatable bonds is 4. The van der Waals surface area contributed by atoms with Crippen molar-refractivity contribution in [2.75, 3.05) is 13.1 Å². The minimum absolute atomic E-state index is 0.0369. The van der Waals surface area contributed by atoms with Crippen LogP contribution in [-0.2, 0) is 22.7 Å². The Bertz CT molecular complexity index is 935. The molecule has 136 valence electrons. The van der Waals surface area contributed by atoms with Gasteiger partial charge < -0.3 is 9.63 Å². The van der Waals surface area contributed by atoms with Gasteiger partial charge in [0.25, 0.3) is 5.89 Å². The number of nitrogens with zero attached hydrogens (tertiary/aromatic N) is 5. The van der Waals surface area contributed by atoms with Gasteiger partial charge in [0.05, 0.1) is 12.2 Å². The van der Waals surface area contributed by atoms with E-state index in [9.17, 15) is 13.5 Å². The van der Waals surface area contributed by atoms with Gasteiger partial charge in [-0.2, -0.15) is 14.4 Å². The third-order valence-corrected chi connectivity index (χ3v) is 7.23. The molecule has 1 atom stereocenters. The van der Waals surface area contributed by atoms with Crippen LogP contribution in [0.1, 0.15) is 42.6 Å². The first-order valence-electron chi connectivity index (χ1n) is 7.98. The Labute approximate surface area is 149 Å². The number of sulfonamides is 1. The number of aliphatic hydroxyl groups is 1. The molecular weight excluding hydrogens is 370 g/mol. The van der Waals surface area contributed by atoms with Crippen LogP contribution in [0.3, 0.4) is 0 Å². The molecule has 1 unspecified atom stereocenters. The molecule has 1 saturated heterocycles. The Morgan fingerprint density at radius 3 is 2.72 bits per heavy atom. The normalized spacial score (nSPS) is 25.0. The number of hydrogen-bond acceptors (Lipinski definition) is 7. The zero-order valence-electron chi connectivity index (χ0n) is 13.8. The lowest BCUT2D eigenvalue weighted by molar-refractivity contribution is 0.0194. The summed E-state index contributed by atoms with van der Waals surface area (Å²) in [5.41, 5.74) is -1.17. The summed E-state index contributed by atoms with van der Waals surface area (Å²) in [6.07, 6.45) is 2.20. The van der Waals surface area contributed by atoms with Gasteiger partial charge in [0.2, 0.25) is 10.0 Å². The van der Waals surface area contributed by atoms with E-state index >= 15 is 0 Å². The number of β-amino-alcohol motifs (C(OH)–C–C–N with tert-alkyl or cyclic N) is 1. The molecule has 3 heterocycles. The van der Waals surface area contributed by atoms with Gasteiger partial charge in [-0.3, -0.25) is 4.68 Å². The van der Waals surface area contributed by atoms with Crippen LogP contribution in [0, 0.1) is 6.92 Å². The molecule has 2 aromatic rings. The number of aryl methyl sites for hydroxylation is 2. The van der Waals surface area contributed by atoms with Crippen LogP contribution in [0.5, 0.6) is 0 Å². The predicted molar refractivity (Wildman–Crippen MR) is 86.5 cm³/mol. The Morgan fingerprint density at radius 2 is 2.12 bits per heavy atom. The van der Waals surface area contributed by atoms with Gasteiger partial charge in [0.1, 0.15) is 10.0 Å². The average molecular weight is 388 g/mol. The van der Waals surface area contributed by atoms with Gasteiger partial charge in [-0.1, -0.05) is 16.8 Å². The van der Waals surface area contributed by atoms with Crippen LogP contribution in [0.2, 0.25) is 5.15 Å². The minimum atomic E-state index is -3.89. The summed E-state index contributed by atoms with van der Waals surface area (Å²) in [4.78, 5) is 4.23. The Kier molecular flexibility index (Phi) is 3.73. The van der Waals surface area contributed by atoms with Crippen molar-refractivity contribution in [3.63, 3.8) is 0 Å². The summed E-state index contributed by atoms with van der Waals surface area (Å²) in [5.74, 6) is 0.941. The largest absolute Gasteiger partial charge is 0.379 e. The Morgan fingerprint density at radius 1 is 1.40 bits per heavy atom. The lowest BCUT2D eigenvalue weighted by Gasteiger charge is -2.19. The molecule has 4 rings (SSSR count). The molecule has 25 heavy (non-hydrogen) atoms. The lowest BCUT2D eigenvalue weighted by atomic mass is 10.0. The standard InChI is InChI=1S/C14H18ClN5O4S/c1-8-10(11(15)19(2)17-8)25(22,23)20-6-5-14(21,7-20)13-16-12(18-24-13)9-3-4-9/h9,21H,3-7H2,1-2H3. The lowest BCUT2D eigenvalue weighted by Crippen LogP contribution is -2.35. The van der Waals surface area contributed by atoms with Crippen molar-refractivity contribution >= 4 is 21.6 Å². The Hall–Kier alpha value is -1.49. The molecule has 2 fully saturated rings. The second-order valence-electron chi connectivity index (χ2n) is 6.68. The third-order valence-electron chi connectivity index (χ3n) is 4.69. The summed E-state index contributed by atoms with van der Waals surface area (Å²) in [6.45, 7) is 1.55. The molecule has 2 aliphatic rings. The van der Waals surface area contributed by atoms with Crippen LogP contribution in [0.25, 0.3) is 0 Å². The van der Waals surface area contributed by atoms with Crippen LogP contribution in [-0.4, -0.2) is 50.8 Å². The van der Waals surface area contributed by atoms with E-state index in [1.165, 1.54) is 8.99 Å². The topological polar surface area (TPSA) is 114 Å². The van der Waals surface area contributed by atoms with E-state index < -0.39 is 15.6 Å².